The van der Waals surface area contributed by atoms with Crippen LogP contribution in [0.4, 0.5) is 0 Å². The molecule has 1 heterocycles. The molecule has 3 rings (SSSR count). The van der Waals surface area contributed by atoms with Gasteiger partial charge in [-0.3, -0.25) is 0 Å². The molecule has 1 nitrogen and oxygen atoms in total. The molecule has 1 N–H and O–H groups in total. The maximum atomic E-state index is 3.70. The first kappa shape index (κ1) is 8.93. The minimum atomic E-state index is 0.478. The summed E-state index contributed by atoms with van der Waals surface area (Å²) in [5, 5.41) is 3.55. The summed E-state index contributed by atoms with van der Waals surface area (Å²) in [5.41, 5.74) is 3.61. The first-order valence-corrected chi connectivity index (χ1v) is 6.10. The van der Waals surface area contributed by atoms with Crippen LogP contribution in [0.15, 0.2) is 22.7 Å². The van der Waals surface area contributed by atoms with Crippen molar-refractivity contribution >= 4 is 15.9 Å². The molecule has 1 saturated carbocycles. The van der Waals surface area contributed by atoms with Crippen molar-refractivity contribution in [3.8, 4) is 0 Å². The molecule has 1 fully saturated rings. The number of nitrogens with one attached hydrogen (secondary N) is 1. The van der Waals surface area contributed by atoms with Gasteiger partial charge in [0.05, 0.1) is 0 Å². The van der Waals surface area contributed by atoms with Gasteiger partial charge in [0.2, 0.25) is 0 Å². The number of rotatable bonds is 0. The van der Waals surface area contributed by atoms with Gasteiger partial charge in [-0.1, -0.05) is 28.1 Å². The van der Waals surface area contributed by atoms with Gasteiger partial charge in [0.1, 0.15) is 0 Å². The van der Waals surface area contributed by atoms with E-state index in [9.17, 15) is 0 Å². The minimum Gasteiger partial charge on any atom is -0.316 e. The summed E-state index contributed by atoms with van der Waals surface area (Å²) >= 11 is 3.70. The Kier molecular flexibility index (Phi) is 1.96. The Labute approximate surface area is 93.0 Å². The van der Waals surface area contributed by atoms with Crippen LogP contribution in [0, 0.1) is 0 Å². The van der Waals surface area contributed by atoms with Crippen molar-refractivity contribution in [2.75, 3.05) is 13.1 Å². The Balaban J connectivity index is 2.17. The van der Waals surface area contributed by atoms with Crippen LogP contribution in [0.25, 0.3) is 0 Å². The lowest BCUT2D eigenvalue weighted by molar-refractivity contribution is 0.601. The van der Waals surface area contributed by atoms with E-state index in [0.717, 1.165) is 6.54 Å². The van der Waals surface area contributed by atoms with Crippen LogP contribution in [0.2, 0.25) is 0 Å². The van der Waals surface area contributed by atoms with Gasteiger partial charge in [0, 0.05) is 16.4 Å². The molecule has 0 bridgehead atoms. The van der Waals surface area contributed by atoms with Gasteiger partial charge in [-0.05, 0) is 43.0 Å². The second-order valence-electron chi connectivity index (χ2n) is 4.48. The highest BCUT2D eigenvalue weighted by atomic mass is 79.9. The first-order valence-electron chi connectivity index (χ1n) is 5.30. The standard InChI is InChI=1S/C12H14BrN/c13-10-3-1-2-9-4-7-14-8-12(5-6-12)11(9)10/h1-3,14H,4-8H2. The fourth-order valence-electron chi connectivity index (χ4n) is 2.59. The summed E-state index contributed by atoms with van der Waals surface area (Å²) in [6.45, 7) is 2.30. The second-order valence-corrected chi connectivity index (χ2v) is 5.34. The highest BCUT2D eigenvalue weighted by Crippen LogP contribution is 2.52. The topological polar surface area (TPSA) is 12.0 Å². The van der Waals surface area contributed by atoms with Crippen molar-refractivity contribution in [2.45, 2.75) is 24.7 Å². The summed E-state index contributed by atoms with van der Waals surface area (Å²) in [4.78, 5) is 0. The molecule has 1 spiro atoms. The SMILES string of the molecule is Brc1cccc2c1C1(CC1)CNCC2. The number of benzene rings is 1. The summed E-state index contributed by atoms with van der Waals surface area (Å²) in [6.07, 6.45) is 3.89. The van der Waals surface area contributed by atoms with Crippen LogP contribution >= 0.6 is 15.9 Å². The lowest BCUT2D eigenvalue weighted by atomic mass is 9.91. The minimum absolute atomic E-state index is 0.478. The average molecular weight is 252 g/mol. The Hall–Kier alpha value is -0.340. The van der Waals surface area contributed by atoms with Crippen molar-refractivity contribution < 1.29 is 0 Å². The molecule has 1 aromatic rings. The summed E-state index contributed by atoms with van der Waals surface area (Å²) in [7, 11) is 0. The van der Waals surface area contributed by atoms with E-state index in [-0.39, 0.29) is 0 Å². The molecule has 74 valence electrons. The third-order valence-electron chi connectivity index (χ3n) is 3.52. The Morgan fingerprint density at radius 1 is 1.29 bits per heavy atom. The third-order valence-corrected chi connectivity index (χ3v) is 4.18. The average Bonchev–Trinajstić information content (AvgIpc) is 2.96. The van der Waals surface area contributed by atoms with Crippen LogP contribution in [-0.2, 0) is 11.8 Å². The zero-order chi connectivity index (χ0) is 9.60. The van der Waals surface area contributed by atoms with Gasteiger partial charge in [-0.15, -0.1) is 0 Å². The summed E-state index contributed by atoms with van der Waals surface area (Å²) < 4.78 is 1.32. The number of halogens is 1. The molecule has 0 aromatic heterocycles. The summed E-state index contributed by atoms with van der Waals surface area (Å²) in [5.74, 6) is 0. The normalized spacial score (nSPS) is 22.9. The van der Waals surface area contributed by atoms with Crippen molar-refractivity contribution in [2.24, 2.45) is 0 Å². The Bertz CT molecular complexity index is 369. The first-order chi connectivity index (χ1) is 6.82. The molecule has 2 heteroatoms. The molecular formula is C12H14BrN. The second kappa shape index (κ2) is 3.07. The molecular weight excluding hydrogens is 238 g/mol. The lowest BCUT2D eigenvalue weighted by Crippen LogP contribution is -2.25. The zero-order valence-corrected chi connectivity index (χ0v) is 9.73. The number of hydrogen-bond donors (Lipinski definition) is 1. The van der Waals surface area contributed by atoms with Gasteiger partial charge in [0.25, 0.3) is 0 Å². The van der Waals surface area contributed by atoms with Crippen molar-refractivity contribution in [3.05, 3.63) is 33.8 Å². The van der Waals surface area contributed by atoms with Crippen molar-refractivity contribution in [1.29, 1.82) is 0 Å². The van der Waals surface area contributed by atoms with E-state index >= 15 is 0 Å². The van der Waals surface area contributed by atoms with E-state index in [1.807, 2.05) is 0 Å². The molecule has 0 amide bonds. The van der Waals surface area contributed by atoms with Crippen molar-refractivity contribution in [1.82, 2.24) is 5.32 Å². The molecule has 0 atom stereocenters. The summed E-state index contributed by atoms with van der Waals surface area (Å²) in [6, 6.07) is 6.63. The van der Waals surface area contributed by atoms with Crippen LogP contribution < -0.4 is 5.32 Å². The Morgan fingerprint density at radius 2 is 2.14 bits per heavy atom. The predicted octanol–water partition coefficient (Wildman–Crippen LogP) is 2.63. The molecule has 14 heavy (non-hydrogen) atoms. The fraction of sp³-hybridized carbons (Fsp3) is 0.500. The highest BCUT2D eigenvalue weighted by molar-refractivity contribution is 9.10. The number of fused-ring (bicyclic) bond motifs is 2. The van der Waals surface area contributed by atoms with Gasteiger partial charge in [-0.2, -0.15) is 0 Å². The molecule has 2 aliphatic rings. The molecule has 1 aliphatic heterocycles. The molecule has 0 saturated heterocycles. The maximum absolute atomic E-state index is 3.70. The van der Waals surface area contributed by atoms with Crippen LogP contribution in [0.3, 0.4) is 0 Å². The van der Waals surface area contributed by atoms with E-state index in [4.69, 9.17) is 0 Å². The molecule has 0 radical (unpaired) electrons. The van der Waals surface area contributed by atoms with E-state index < -0.39 is 0 Å². The predicted molar refractivity (Wildman–Crippen MR) is 61.6 cm³/mol. The van der Waals surface area contributed by atoms with Gasteiger partial charge in [-0.25, -0.2) is 0 Å². The van der Waals surface area contributed by atoms with Crippen LogP contribution in [0.5, 0.6) is 0 Å². The largest absolute Gasteiger partial charge is 0.316 e. The van der Waals surface area contributed by atoms with E-state index in [0.29, 0.717) is 5.41 Å². The van der Waals surface area contributed by atoms with E-state index in [2.05, 4.69) is 39.4 Å². The zero-order valence-electron chi connectivity index (χ0n) is 8.15. The lowest BCUT2D eigenvalue weighted by Gasteiger charge is -2.17. The van der Waals surface area contributed by atoms with Crippen LogP contribution in [0.1, 0.15) is 24.0 Å². The van der Waals surface area contributed by atoms with Gasteiger partial charge >= 0.3 is 0 Å². The Morgan fingerprint density at radius 3 is 2.93 bits per heavy atom. The smallest absolute Gasteiger partial charge is 0.0216 e. The molecule has 1 aliphatic carbocycles. The van der Waals surface area contributed by atoms with Gasteiger partial charge in [0.15, 0.2) is 0 Å². The quantitative estimate of drug-likeness (QED) is 0.748. The van der Waals surface area contributed by atoms with Gasteiger partial charge < -0.3 is 5.32 Å². The molecule has 0 unspecified atom stereocenters. The van der Waals surface area contributed by atoms with E-state index in [1.165, 1.54) is 30.3 Å². The highest BCUT2D eigenvalue weighted by Gasteiger charge is 2.46. The molecule has 1 aromatic carbocycles. The van der Waals surface area contributed by atoms with Crippen LogP contribution in [-0.4, -0.2) is 13.1 Å². The third kappa shape index (κ3) is 1.24. The fourth-order valence-corrected chi connectivity index (χ4v) is 3.42. The van der Waals surface area contributed by atoms with E-state index in [1.54, 1.807) is 11.1 Å². The number of hydrogen-bond acceptors (Lipinski definition) is 1. The van der Waals surface area contributed by atoms with Crippen molar-refractivity contribution in [3.63, 3.8) is 0 Å². The maximum Gasteiger partial charge on any atom is 0.0216 e. The monoisotopic (exact) mass is 251 g/mol.